The zero-order valence-corrected chi connectivity index (χ0v) is 15.5. The van der Waals surface area contributed by atoms with E-state index in [0.717, 1.165) is 64.7 Å². The second kappa shape index (κ2) is 8.90. The average molecular weight is 342 g/mol. The van der Waals surface area contributed by atoms with Crippen molar-refractivity contribution in [1.82, 2.24) is 10.2 Å². The zero-order valence-electron chi connectivity index (χ0n) is 15.5. The molecule has 1 saturated heterocycles. The van der Waals surface area contributed by atoms with Gasteiger partial charge < -0.3 is 19.9 Å². The summed E-state index contributed by atoms with van der Waals surface area (Å²) in [6, 6.07) is 8.77. The molecule has 1 N–H and O–H groups in total. The molecule has 0 saturated carbocycles. The lowest BCUT2D eigenvalue weighted by Crippen LogP contribution is -2.52. The Balaban J connectivity index is 1.46. The molecule has 1 fully saturated rings. The Morgan fingerprint density at radius 1 is 1.24 bits per heavy atom. The maximum atomic E-state index is 5.36. The largest absolute Gasteiger partial charge is 0.377 e. The summed E-state index contributed by atoms with van der Waals surface area (Å²) in [4.78, 5) is 9.30. The lowest BCUT2D eigenvalue weighted by Gasteiger charge is -2.37. The van der Waals surface area contributed by atoms with Crippen LogP contribution in [0.4, 0.5) is 5.69 Å². The second-order valence-corrected chi connectivity index (χ2v) is 6.72. The highest BCUT2D eigenvalue weighted by atomic mass is 16.5. The standard InChI is InChI=1S/C20H30N4O/c1-17-4-3-5-19(16-17)23-10-12-24(13-11-23)20(21-2)22-9-6-18-7-14-25-15-8-18/h3-5,7,16H,6,8-15H2,1-2H3,(H,21,22). The Morgan fingerprint density at radius 3 is 2.76 bits per heavy atom. The van der Waals surface area contributed by atoms with Crippen molar-refractivity contribution in [2.75, 3.05) is 57.9 Å². The molecule has 136 valence electrons. The third kappa shape index (κ3) is 4.98. The van der Waals surface area contributed by atoms with E-state index in [1.54, 1.807) is 0 Å². The number of aryl methyl sites for hydroxylation is 1. The third-order valence-electron chi connectivity index (χ3n) is 4.94. The van der Waals surface area contributed by atoms with E-state index < -0.39 is 0 Å². The van der Waals surface area contributed by atoms with Crippen LogP contribution in [0.1, 0.15) is 18.4 Å². The topological polar surface area (TPSA) is 40.1 Å². The molecule has 0 unspecified atom stereocenters. The molecule has 0 bridgehead atoms. The molecule has 0 spiro atoms. The molecule has 1 aromatic rings. The molecule has 0 atom stereocenters. The number of hydrogen-bond acceptors (Lipinski definition) is 3. The van der Waals surface area contributed by atoms with E-state index in [9.17, 15) is 0 Å². The van der Waals surface area contributed by atoms with Crippen molar-refractivity contribution in [3.63, 3.8) is 0 Å². The van der Waals surface area contributed by atoms with Gasteiger partial charge in [0.2, 0.25) is 0 Å². The summed E-state index contributed by atoms with van der Waals surface area (Å²) in [6.07, 6.45) is 4.36. The van der Waals surface area contributed by atoms with E-state index in [2.05, 4.69) is 57.4 Å². The maximum absolute atomic E-state index is 5.36. The third-order valence-corrected chi connectivity index (χ3v) is 4.94. The van der Waals surface area contributed by atoms with Gasteiger partial charge in [-0.25, -0.2) is 0 Å². The fourth-order valence-electron chi connectivity index (χ4n) is 3.46. The Bertz CT molecular complexity index is 618. The Kier molecular flexibility index (Phi) is 6.34. The van der Waals surface area contributed by atoms with Crippen LogP contribution in [0.5, 0.6) is 0 Å². The molecule has 5 nitrogen and oxygen atoms in total. The minimum Gasteiger partial charge on any atom is -0.377 e. The molecular weight excluding hydrogens is 312 g/mol. The van der Waals surface area contributed by atoms with E-state index in [1.807, 2.05) is 7.05 Å². The summed E-state index contributed by atoms with van der Waals surface area (Å²) in [5.74, 6) is 1.02. The fourth-order valence-corrected chi connectivity index (χ4v) is 3.46. The van der Waals surface area contributed by atoms with Crippen molar-refractivity contribution in [3.8, 4) is 0 Å². The van der Waals surface area contributed by atoms with Gasteiger partial charge in [0, 0.05) is 45.5 Å². The van der Waals surface area contributed by atoms with E-state index >= 15 is 0 Å². The van der Waals surface area contributed by atoms with Crippen LogP contribution in [-0.2, 0) is 4.74 Å². The first kappa shape index (κ1) is 17.8. The molecule has 5 heteroatoms. The van der Waals surface area contributed by atoms with Crippen molar-refractivity contribution in [3.05, 3.63) is 41.5 Å². The van der Waals surface area contributed by atoms with Gasteiger partial charge >= 0.3 is 0 Å². The molecule has 0 aromatic heterocycles. The van der Waals surface area contributed by atoms with Crippen molar-refractivity contribution >= 4 is 11.6 Å². The van der Waals surface area contributed by atoms with Crippen LogP contribution in [0.25, 0.3) is 0 Å². The highest BCUT2D eigenvalue weighted by Crippen LogP contribution is 2.18. The van der Waals surface area contributed by atoms with Gasteiger partial charge in [0.15, 0.2) is 5.96 Å². The van der Waals surface area contributed by atoms with Crippen LogP contribution in [0.15, 0.2) is 40.9 Å². The van der Waals surface area contributed by atoms with Gasteiger partial charge in [-0.15, -0.1) is 0 Å². The van der Waals surface area contributed by atoms with E-state index in [-0.39, 0.29) is 0 Å². The smallest absolute Gasteiger partial charge is 0.193 e. The molecule has 1 aromatic carbocycles. The Hall–Kier alpha value is -2.01. The highest BCUT2D eigenvalue weighted by molar-refractivity contribution is 5.80. The van der Waals surface area contributed by atoms with Crippen molar-refractivity contribution in [2.45, 2.75) is 19.8 Å². The summed E-state index contributed by atoms with van der Waals surface area (Å²) >= 11 is 0. The van der Waals surface area contributed by atoms with Crippen LogP contribution in [0.3, 0.4) is 0 Å². The van der Waals surface area contributed by atoms with Gasteiger partial charge in [0.05, 0.1) is 13.2 Å². The summed E-state index contributed by atoms with van der Waals surface area (Å²) in [5, 5.41) is 3.53. The summed E-state index contributed by atoms with van der Waals surface area (Å²) in [5.41, 5.74) is 4.15. The number of anilines is 1. The minimum absolute atomic E-state index is 0.769. The van der Waals surface area contributed by atoms with Gasteiger partial charge in [0.1, 0.15) is 0 Å². The fraction of sp³-hybridized carbons (Fsp3) is 0.550. The van der Waals surface area contributed by atoms with Gasteiger partial charge in [-0.3, -0.25) is 4.99 Å². The summed E-state index contributed by atoms with van der Waals surface area (Å²) in [6.45, 7) is 8.80. The van der Waals surface area contributed by atoms with E-state index in [4.69, 9.17) is 4.74 Å². The van der Waals surface area contributed by atoms with E-state index in [0.29, 0.717) is 0 Å². The van der Waals surface area contributed by atoms with Crippen LogP contribution < -0.4 is 10.2 Å². The molecule has 2 heterocycles. The molecule has 0 amide bonds. The van der Waals surface area contributed by atoms with Crippen LogP contribution in [-0.4, -0.2) is 63.8 Å². The van der Waals surface area contributed by atoms with Gasteiger partial charge in [-0.2, -0.15) is 0 Å². The number of nitrogens with zero attached hydrogens (tertiary/aromatic N) is 3. The predicted octanol–water partition coefficient (Wildman–Crippen LogP) is 2.43. The quantitative estimate of drug-likeness (QED) is 0.518. The number of hydrogen-bond donors (Lipinski definition) is 1. The number of ether oxygens (including phenoxy) is 1. The molecule has 0 radical (unpaired) electrons. The highest BCUT2D eigenvalue weighted by Gasteiger charge is 2.19. The van der Waals surface area contributed by atoms with Gasteiger partial charge in [-0.1, -0.05) is 23.8 Å². The maximum Gasteiger partial charge on any atom is 0.193 e. The first-order chi connectivity index (χ1) is 12.3. The summed E-state index contributed by atoms with van der Waals surface area (Å²) in [7, 11) is 1.88. The molecular formula is C20H30N4O. The van der Waals surface area contributed by atoms with Crippen LogP contribution >= 0.6 is 0 Å². The Morgan fingerprint density at radius 2 is 2.08 bits per heavy atom. The number of nitrogens with one attached hydrogen (secondary N) is 1. The van der Waals surface area contributed by atoms with Crippen molar-refractivity contribution in [2.24, 2.45) is 4.99 Å². The zero-order chi connectivity index (χ0) is 17.5. The van der Waals surface area contributed by atoms with Crippen LogP contribution in [0, 0.1) is 6.92 Å². The molecule has 2 aliphatic rings. The molecule has 25 heavy (non-hydrogen) atoms. The molecule has 0 aliphatic carbocycles. The lowest BCUT2D eigenvalue weighted by atomic mass is 10.1. The number of benzene rings is 1. The van der Waals surface area contributed by atoms with Crippen LogP contribution in [0.2, 0.25) is 0 Å². The first-order valence-electron chi connectivity index (χ1n) is 9.29. The van der Waals surface area contributed by atoms with Gasteiger partial charge in [0.25, 0.3) is 0 Å². The molecule has 3 rings (SSSR count). The SMILES string of the molecule is CN=C(NCCC1=CCOCC1)N1CCN(c2cccc(C)c2)CC1. The number of guanidine groups is 1. The number of aliphatic imine (C=N–C) groups is 1. The second-order valence-electron chi connectivity index (χ2n) is 6.72. The van der Waals surface area contributed by atoms with E-state index in [1.165, 1.54) is 16.8 Å². The average Bonchev–Trinajstić information content (AvgIpc) is 2.66. The Labute approximate surface area is 151 Å². The minimum atomic E-state index is 0.769. The lowest BCUT2D eigenvalue weighted by molar-refractivity contribution is 0.153. The number of rotatable bonds is 4. The van der Waals surface area contributed by atoms with Crippen molar-refractivity contribution in [1.29, 1.82) is 0 Å². The first-order valence-corrected chi connectivity index (χ1v) is 9.29. The van der Waals surface area contributed by atoms with Gasteiger partial charge in [-0.05, 0) is 37.5 Å². The monoisotopic (exact) mass is 342 g/mol. The van der Waals surface area contributed by atoms with Crippen molar-refractivity contribution < 1.29 is 4.74 Å². The normalized spacial score (nSPS) is 19.0. The molecule has 2 aliphatic heterocycles. The predicted molar refractivity (Wildman–Crippen MR) is 104 cm³/mol. The summed E-state index contributed by atoms with van der Waals surface area (Å²) < 4.78 is 5.36. The number of piperazine rings is 1.